The molecule has 49 heavy (non-hydrogen) atoms. The number of ether oxygens (including phenoxy) is 2. The van der Waals surface area contributed by atoms with Crippen LogP contribution in [0, 0.1) is 13.8 Å². The Morgan fingerprint density at radius 1 is 1.02 bits per heavy atom. The number of aromatic nitrogens is 6. The third kappa shape index (κ3) is 8.03. The zero-order valence-corrected chi connectivity index (χ0v) is 28.6. The zero-order chi connectivity index (χ0) is 35.7. The number of hydrogen-bond acceptors (Lipinski definition) is 8. The number of carbonyl (C=O) groups is 2. The minimum absolute atomic E-state index is 0.0650. The fraction of sp³-hybridized carbons (Fsp3) is 0.471. The van der Waals surface area contributed by atoms with Crippen molar-refractivity contribution in [1.82, 2.24) is 40.2 Å². The van der Waals surface area contributed by atoms with Gasteiger partial charge in [-0.2, -0.15) is 23.4 Å². The van der Waals surface area contributed by atoms with Gasteiger partial charge in [0, 0.05) is 50.0 Å². The Balaban J connectivity index is 1.21. The van der Waals surface area contributed by atoms with Crippen LogP contribution in [0.15, 0.2) is 42.9 Å². The molecule has 0 radical (unpaired) electrons. The number of hydrogen-bond donors (Lipinski definition) is 2. The highest BCUT2D eigenvalue weighted by molar-refractivity contribution is 5.93. The molecule has 1 saturated heterocycles. The predicted molar refractivity (Wildman–Crippen MR) is 174 cm³/mol. The summed E-state index contributed by atoms with van der Waals surface area (Å²) in [5.41, 5.74) is 2.02. The number of nitrogens with one attached hydrogen (secondary N) is 2. The fourth-order valence-electron chi connectivity index (χ4n) is 5.40. The van der Waals surface area contributed by atoms with Gasteiger partial charge in [0.1, 0.15) is 22.9 Å². The summed E-state index contributed by atoms with van der Waals surface area (Å²) in [7, 11) is 0. The summed E-state index contributed by atoms with van der Waals surface area (Å²) in [5.74, 6) is -0.281. The van der Waals surface area contributed by atoms with E-state index in [-0.39, 0.29) is 30.1 Å². The molecule has 15 heteroatoms. The molecule has 4 aromatic rings. The maximum absolute atomic E-state index is 13.3. The third-order valence-electron chi connectivity index (χ3n) is 8.36. The van der Waals surface area contributed by atoms with Gasteiger partial charge in [0.25, 0.3) is 5.91 Å². The van der Waals surface area contributed by atoms with Crippen LogP contribution in [0.1, 0.15) is 80.6 Å². The van der Waals surface area contributed by atoms with Crippen LogP contribution in [-0.2, 0) is 16.7 Å². The molecule has 1 aromatic carbocycles. The van der Waals surface area contributed by atoms with Gasteiger partial charge in [-0.3, -0.25) is 9.89 Å². The molecule has 2 N–H and O–H groups in total. The van der Waals surface area contributed by atoms with E-state index in [0.29, 0.717) is 31.8 Å². The van der Waals surface area contributed by atoms with E-state index in [1.165, 1.54) is 6.20 Å². The summed E-state index contributed by atoms with van der Waals surface area (Å²) < 4.78 is 53.2. The number of pyridine rings is 1. The average molecular weight is 683 g/mol. The normalized spacial score (nSPS) is 14.5. The van der Waals surface area contributed by atoms with Crippen LogP contribution in [0.3, 0.4) is 0 Å². The van der Waals surface area contributed by atoms with Crippen LogP contribution in [0.2, 0.25) is 0 Å². The Labute approximate surface area is 282 Å². The lowest BCUT2D eigenvalue weighted by atomic mass is 9.92. The molecule has 3 aromatic heterocycles. The number of aromatic amines is 1. The van der Waals surface area contributed by atoms with Crippen molar-refractivity contribution in [3.8, 4) is 22.7 Å². The topological polar surface area (TPSA) is 140 Å². The van der Waals surface area contributed by atoms with Crippen LogP contribution in [0.4, 0.5) is 18.0 Å². The van der Waals surface area contributed by atoms with Crippen molar-refractivity contribution in [1.29, 1.82) is 0 Å². The summed E-state index contributed by atoms with van der Waals surface area (Å²) in [6.45, 7) is 12.5. The van der Waals surface area contributed by atoms with Gasteiger partial charge in [-0.1, -0.05) is 6.07 Å². The minimum atomic E-state index is -4.53. The van der Waals surface area contributed by atoms with E-state index in [4.69, 9.17) is 9.47 Å². The number of H-pyrrole nitrogens is 1. The van der Waals surface area contributed by atoms with Gasteiger partial charge in [-0.25, -0.2) is 19.4 Å². The first kappa shape index (κ1) is 35.4. The van der Waals surface area contributed by atoms with Crippen molar-refractivity contribution in [3.05, 3.63) is 71.2 Å². The third-order valence-corrected chi connectivity index (χ3v) is 8.36. The lowest BCUT2D eigenvalue weighted by molar-refractivity contribution is -0.182. The molecule has 0 spiro atoms. The second-order valence-electron chi connectivity index (χ2n) is 13.7. The smallest absolute Gasteiger partial charge is 0.410 e. The van der Waals surface area contributed by atoms with Crippen molar-refractivity contribution in [3.63, 3.8) is 0 Å². The summed E-state index contributed by atoms with van der Waals surface area (Å²) in [4.78, 5) is 35.4. The van der Waals surface area contributed by atoms with E-state index in [9.17, 15) is 22.8 Å². The van der Waals surface area contributed by atoms with E-state index in [1.54, 1.807) is 22.0 Å². The molecule has 2 amide bonds. The number of likely N-dealkylation sites (tertiary alicyclic amines) is 1. The Morgan fingerprint density at radius 2 is 1.73 bits per heavy atom. The van der Waals surface area contributed by atoms with E-state index in [0.717, 1.165) is 41.8 Å². The SMILES string of the molecule is Cc1ccc(-n2cc(C(=O)NCc3nc(C(C)(C)C(F)(F)F)n[nH]3)cn2)c(C)c1-c1ccc(OC2CCN(C(=O)OC(C)(C)C)CC2)nc1. The van der Waals surface area contributed by atoms with Gasteiger partial charge in [0.05, 0.1) is 24.0 Å². The van der Waals surface area contributed by atoms with Crippen LogP contribution in [-0.4, -0.2) is 77.8 Å². The molecular weight excluding hydrogens is 641 g/mol. The number of nitrogens with zero attached hydrogens (tertiary/aromatic N) is 6. The summed E-state index contributed by atoms with van der Waals surface area (Å²) in [6.07, 6.45) is 1.20. The van der Waals surface area contributed by atoms with Crippen LogP contribution in [0.25, 0.3) is 16.8 Å². The Kier molecular flexibility index (Phi) is 9.75. The fourth-order valence-corrected chi connectivity index (χ4v) is 5.40. The van der Waals surface area contributed by atoms with Gasteiger partial charge in [0.15, 0.2) is 5.82 Å². The number of carbonyl (C=O) groups excluding carboxylic acids is 2. The van der Waals surface area contributed by atoms with Gasteiger partial charge in [-0.05, 0) is 77.3 Å². The summed E-state index contributed by atoms with van der Waals surface area (Å²) in [6, 6.07) is 7.66. The molecule has 1 aliphatic rings. The number of halogens is 3. The standard InChI is InChI=1S/C34H41F3N8O4/c1-20-8-10-25(45-19-23(17-40-45)29(46)39-18-26-41-30(43-42-26)33(6,7)34(35,36)37)21(2)28(20)22-9-11-27(38-16-22)48-24-12-14-44(15-13-24)31(47)49-32(3,4)5/h8-11,16-17,19,24H,12-15,18H2,1-7H3,(H,39,46)(H,41,42,43). The van der Waals surface area contributed by atoms with E-state index in [2.05, 4.69) is 30.6 Å². The highest BCUT2D eigenvalue weighted by atomic mass is 19.4. The zero-order valence-electron chi connectivity index (χ0n) is 28.6. The Morgan fingerprint density at radius 3 is 2.37 bits per heavy atom. The molecule has 5 rings (SSSR count). The van der Waals surface area contributed by atoms with Crippen molar-refractivity contribution in [2.24, 2.45) is 0 Å². The average Bonchev–Trinajstić information content (AvgIpc) is 3.71. The first-order valence-electron chi connectivity index (χ1n) is 16.0. The van der Waals surface area contributed by atoms with Crippen molar-refractivity contribution in [2.45, 2.75) is 91.1 Å². The molecule has 0 unspecified atom stereocenters. The number of piperidine rings is 1. The van der Waals surface area contributed by atoms with E-state index in [1.807, 2.05) is 58.9 Å². The van der Waals surface area contributed by atoms with Crippen molar-refractivity contribution in [2.75, 3.05) is 13.1 Å². The van der Waals surface area contributed by atoms with Crippen LogP contribution in [0.5, 0.6) is 5.88 Å². The Bertz CT molecular complexity index is 1800. The molecule has 262 valence electrons. The molecule has 4 heterocycles. The van der Waals surface area contributed by atoms with Crippen molar-refractivity contribution < 1.29 is 32.2 Å². The lowest BCUT2D eigenvalue weighted by Gasteiger charge is -2.33. The number of alkyl halides is 3. The molecule has 12 nitrogen and oxygen atoms in total. The molecule has 1 fully saturated rings. The van der Waals surface area contributed by atoms with Gasteiger partial charge in [0.2, 0.25) is 5.88 Å². The molecule has 0 saturated carbocycles. The van der Waals surface area contributed by atoms with E-state index < -0.39 is 28.9 Å². The highest BCUT2D eigenvalue weighted by Gasteiger charge is 2.51. The molecular formula is C34H41F3N8O4. The molecule has 1 aliphatic heterocycles. The van der Waals surface area contributed by atoms with Crippen LogP contribution >= 0.6 is 0 Å². The number of aryl methyl sites for hydroxylation is 1. The summed E-state index contributed by atoms with van der Waals surface area (Å²) >= 11 is 0. The van der Waals surface area contributed by atoms with Crippen molar-refractivity contribution >= 4 is 12.0 Å². The summed E-state index contributed by atoms with van der Waals surface area (Å²) in [5, 5.41) is 13.2. The van der Waals surface area contributed by atoms with Gasteiger partial charge < -0.3 is 19.7 Å². The number of benzene rings is 1. The monoisotopic (exact) mass is 682 g/mol. The van der Waals surface area contributed by atoms with E-state index >= 15 is 0 Å². The molecule has 0 atom stereocenters. The maximum atomic E-state index is 13.3. The quantitative estimate of drug-likeness (QED) is 0.223. The molecule has 0 aliphatic carbocycles. The van der Waals surface area contributed by atoms with Crippen LogP contribution < -0.4 is 10.1 Å². The van der Waals surface area contributed by atoms with Gasteiger partial charge in [-0.15, -0.1) is 0 Å². The number of rotatable bonds is 8. The molecule has 0 bridgehead atoms. The predicted octanol–water partition coefficient (Wildman–Crippen LogP) is 6.22. The second-order valence-corrected chi connectivity index (χ2v) is 13.7. The van der Waals surface area contributed by atoms with Gasteiger partial charge >= 0.3 is 12.3 Å². The maximum Gasteiger partial charge on any atom is 0.410 e. The minimum Gasteiger partial charge on any atom is -0.474 e. The second kappa shape index (κ2) is 13.5. The largest absolute Gasteiger partial charge is 0.474 e. The highest BCUT2D eigenvalue weighted by Crippen LogP contribution is 2.38. The first-order valence-corrected chi connectivity index (χ1v) is 16.0. The number of amides is 2. The Hall–Kier alpha value is -4.95. The lowest BCUT2D eigenvalue weighted by Crippen LogP contribution is -2.44. The first-order chi connectivity index (χ1) is 22.9.